The van der Waals surface area contributed by atoms with E-state index in [2.05, 4.69) is 53.5 Å². The lowest BCUT2D eigenvalue weighted by Crippen LogP contribution is -1.84. The molecule has 0 atom stereocenters. The summed E-state index contributed by atoms with van der Waals surface area (Å²) in [6, 6.07) is 37.0. The van der Waals surface area contributed by atoms with Crippen molar-refractivity contribution in [3.8, 4) is 22.4 Å². The highest BCUT2D eigenvalue weighted by molar-refractivity contribution is 6.33. The zero-order valence-corrected chi connectivity index (χ0v) is 20.6. The molecular formula is C35H19NO3. The molecule has 5 aromatic carbocycles. The van der Waals surface area contributed by atoms with E-state index in [0.29, 0.717) is 0 Å². The van der Waals surface area contributed by atoms with Crippen molar-refractivity contribution < 1.29 is 13.3 Å². The molecule has 0 saturated heterocycles. The van der Waals surface area contributed by atoms with Crippen molar-refractivity contribution in [2.24, 2.45) is 0 Å². The Bertz CT molecular complexity index is 2370. The van der Waals surface area contributed by atoms with E-state index < -0.39 is 0 Å². The van der Waals surface area contributed by atoms with Gasteiger partial charge in [-0.15, -0.1) is 0 Å². The fraction of sp³-hybridized carbons (Fsp3) is 0. The molecule has 0 spiro atoms. The van der Waals surface area contributed by atoms with E-state index in [0.717, 1.165) is 88.2 Å². The SMILES string of the molecule is c1ccc(-c2ccc(-c3cc4oc5ccc6oc7ccccc7c6c5c4c4oc5ccccc5c34)cc2)nc1. The average molecular weight is 502 g/mol. The van der Waals surface area contributed by atoms with Crippen LogP contribution in [-0.2, 0) is 0 Å². The summed E-state index contributed by atoms with van der Waals surface area (Å²) in [6.45, 7) is 0. The van der Waals surface area contributed by atoms with Gasteiger partial charge in [0.1, 0.15) is 33.5 Å². The zero-order valence-electron chi connectivity index (χ0n) is 20.6. The van der Waals surface area contributed by atoms with Gasteiger partial charge in [0.15, 0.2) is 0 Å². The first kappa shape index (κ1) is 20.7. The molecule has 4 aromatic heterocycles. The Kier molecular flexibility index (Phi) is 4.02. The summed E-state index contributed by atoms with van der Waals surface area (Å²) in [5.41, 5.74) is 9.17. The molecule has 4 heterocycles. The molecular weight excluding hydrogens is 482 g/mol. The van der Waals surface area contributed by atoms with Crippen molar-refractivity contribution in [3.05, 3.63) is 115 Å². The first-order valence-electron chi connectivity index (χ1n) is 13.0. The number of aromatic nitrogens is 1. The number of pyridine rings is 1. The summed E-state index contributed by atoms with van der Waals surface area (Å²) in [5, 5.41) is 6.28. The predicted molar refractivity (Wildman–Crippen MR) is 157 cm³/mol. The van der Waals surface area contributed by atoms with E-state index >= 15 is 0 Å². The van der Waals surface area contributed by atoms with E-state index in [4.69, 9.17) is 13.3 Å². The maximum Gasteiger partial charge on any atom is 0.147 e. The fourth-order valence-corrected chi connectivity index (χ4v) is 6.02. The Morgan fingerprint density at radius 1 is 0.436 bits per heavy atom. The van der Waals surface area contributed by atoms with Gasteiger partial charge in [0.2, 0.25) is 0 Å². The van der Waals surface area contributed by atoms with Crippen LogP contribution in [0.2, 0.25) is 0 Å². The van der Waals surface area contributed by atoms with Crippen LogP contribution in [0.15, 0.2) is 129 Å². The van der Waals surface area contributed by atoms with E-state index in [1.807, 2.05) is 66.9 Å². The second-order valence-corrected chi connectivity index (χ2v) is 9.90. The van der Waals surface area contributed by atoms with Crippen molar-refractivity contribution in [2.75, 3.05) is 0 Å². The highest BCUT2D eigenvalue weighted by Crippen LogP contribution is 2.47. The van der Waals surface area contributed by atoms with E-state index in [1.165, 1.54) is 0 Å². The van der Waals surface area contributed by atoms with Gasteiger partial charge >= 0.3 is 0 Å². The first-order valence-corrected chi connectivity index (χ1v) is 13.0. The second kappa shape index (κ2) is 7.59. The Morgan fingerprint density at radius 2 is 1.08 bits per heavy atom. The lowest BCUT2D eigenvalue weighted by molar-refractivity contribution is 0.660. The van der Waals surface area contributed by atoms with Crippen LogP contribution in [0.4, 0.5) is 0 Å². The standard InChI is InChI=1S/C35H19NO3/c1-4-11-27-22(7-1)31-24(20-12-14-21(15-13-20)25-9-5-6-18-36-25)19-30-34(35(31)39-27)33-29(38-30)17-16-28-32(33)23-8-2-3-10-26(23)37-28/h1-19H. The topological polar surface area (TPSA) is 52.3 Å². The predicted octanol–water partition coefficient (Wildman–Crippen LogP) is 10.1. The molecule has 0 fully saturated rings. The van der Waals surface area contributed by atoms with Crippen LogP contribution in [0.3, 0.4) is 0 Å². The van der Waals surface area contributed by atoms with Gasteiger partial charge < -0.3 is 13.3 Å². The summed E-state index contributed by atoms with van der Waals surface area (Å²) in [7, 11) is 0. The highest BCUT2D eigenvalue weighted by Gasteiger charge is 2.23. The van der Waals surface area contributed by atoms with Gasteiger partial charge in [-0.25, -0.2) is 0 Å². The van der Waals surface area contributed by atoms with Crippen LogP contribution in [-0.4, -0.2) is 4.98 Å². The minimum atomic E-state index is 0.790. The van der Waals surface area contributed by atoms with Gasteiger partial charge in [-0.2, -0.15) is 0 Å². The van der Waals surface area contributed by atoms with Gasteiger partial charge in [-0.05, 0) is 53.6 Å². The molecule has 4 heteroatoms. The summed E-state index contributed by atoms with van der Waals surface area (Å²) < 4.78 is 19.4. The third-order valence-electron chi connectivity index (χ3n) is 7.75. The summed E-state index contributed by atoms with van der Waals surface area (Å²) >= 11 is 0. The molecule has 0 bridgehead atoms. The van der Waals surface area contributed by atoms with Crippen molar-refractivity contribution in [3.63, 3.8) is 0 Å². The summed E-state index contributed by atoms with van der Waals surface area (Å²) in [4.78, 5) is 4.50. The number of nitrogens with zero attached hydrogens (tertiary/aromatic N) is 1. The Balaban J connectivity index is 1.41. The maximum atomic E-state index is 6.62. The van der Waals surface area contributed by atoms with Crippen LogP contribution in [0, 0.1) is 0 Å². The summed E-state index contributed by atoms with van der Waals surface area (Å²) in [6.07, 6.45) is 1.82. The molecule has 9 aromatic rings. The van der Waals surface area contributed by atoms with Crippen LogP contribution in [0.25, 0.3) is 88.2 Å². The van der Waals surface area contributed by atoms with Gasteiger partial charge in [0.05, 0.1) is 11.1 Å². The van der Waals surface area contributed by atoms with Gasteiger partial charge in [0, 0.05) is 38.7 Å². The molecule has 0 aliphatic carbocycles. The van der Waals surface area contributed by atoms with Crippen LogP contribution < -0.4 is 0 Å². The lowest BCUT2D eigenvalue weighted by Gasteiger charge is -2.07. The van der Waals surface area contributed by atoms with Crippen molar-refractivity contribution in [1.29, 1.82) is 0 Å². The Hall–Kier alpha value is -5.35. The van der Waals surface area contributed by atoms with Gasteiger partial charge in [0.25, 0.3) is 0 Å². The van der Waals surface area contributed by atoms with E-state index in [1.54, 1.807) is 0 Å². The number of fused-ring (bicyclic) bond motifs is 11. The van der Waals surface area contributed by atoms with Gasteiger partial charge in [-0.3, -0.25) is 4.98 Å². The third-order valence-corrected chi connectivity index (χ3v) is 7.75. The molecule has 4 nitrogen and oxygen atoms in total. The van der Waals surface area contributed by atoms with Gasteiger partial charge in [-0.1, -0.05) is 66.7 Å². The zero-order chi connectivity index (χ0) is 25.5. The second-order valence-electron chi connectivity index (χ2n) is 9.90. The van der Waals surface area contributed by atoms with Crippen molar-refractivity contribution in [2.45, 2.75) is 0 Å². The molecule has 0 aliphatic heterocycles. The smallest absolute Gasteiger partial charge is 0.147 e. The number of rotatable bonds is 2. The largest absolute Gasteiger partial charge is 0.456 e. The number of para-hydroxylation sites is 2. The molecule has 9 rings (SSSR count). The minimum Gasteiger partial charge on any atom is -0.456 e. The maximum absolute atomic E-state index is 6.62. The lowest BCUT2D eigenvalue weighted by atomic mass is 9.95. The van der Waals surface area contributed by atoms with E-state index in [-0.39, 0.29) is 0 Å². The quantitative estimate of drug-likeness (QED) is 0.236. The molecule has 0 aliphatic rings. The average Bonchev–Trinajstić information content (AvgIpc) is 3.68. The van der Waals surface area contributed by atoms with Crippen molar-refractivity contribution >= 4 is 65.8 Å². The normalized spacial score (nSPS) is 12.1. The highest BCUT2D eigenvalue weighted by atomic mass is 16.3. The van der Waals surface area contributed by atoms with Crippen LogP contribution in [0.5, 0.6) is 0 Å². The number of hydrogen-bond donors (Lipinski definition) is 0. The molecule has 39 heavy (non-hydrogen) atoms. The summed E-state index contributed by atoms with van der Waals surface area (Å²) in [5.74, 6) is 0. The Labute approximate surface area is 221 Å². The molecule has 182 valence electrons. The number of benzene rings is 5. The molecule has 0 unspecified atom stereocenters. The molecule has 0 amide bonds. The molecule has 0 N–H and O–H groups in total. The number of hydrogen-bond acceptors (Lipinski definition) is 4. The molecule has 0 radical (unpaired) electrons. The minimum absolute atomic E-state index is 0.790. The van der Waals surface area contributed by atoms with Crippen molar-refractivity contribution in [1.82, 2.24) is 4.98 Å². The monoisotopic (exact) mass is 501 g/mol. The first-order chi connectivity index (χ1) is 19.3. The molecule has 0 saturated carbocycles. The van der Waals surface area contributed by atoms with Crippen LogP contribution in [0.1, 0.15) is 0 Å². The Morgan fingerprint density at radius 3 is 1.85 bits per heavy atom. The third kappa shape index (κ3) is 2.85. The van der Waals surface area contributed by atoms with Crippen LogP contribution >= 0.6 is 0 Å². The number of furan rings is 3. The van der Waals surface area contributed by atoms with E-state index in [9.17, 15) is 0 Å². The fourth-order valence-electron chi connectivity index (χ4n) is 6.02.